The summed E-state index contributed by atoms with van der Waals surface area (Å²) in [5, 5.41) is 2.72. The minimum absolute atomic E-state index is 0.101. The van der Waals surface area contributed by atoms with E-state index in [1.54, 1.807) is 4.90 Å². The Balaban J connectivity index is 2.55. The number of carbonyl (C=O) groups excluding carboxylic acids is 2. The second-order valence-corrected chi connectivity index (χ2v) is 3.85. The van der Waals surface area contributed by atoms with E-state index >= 15 is 0 Å². The first-order chi connectivity index (χ1) is 7.10. The monoisotopic (exact) mass is 214 g/mol. The zero-order chi connectivity index (χ0) is 11.4. The van der Waals surface area contributed by atoms with Crippen LogP contribution >= 0.6 is 0 Å². The molecule has 0 aromatic rings. The minimum Gasteiger partial charge on any atom is -0.469 e. The Hall–Kier alpha value is -1.26. The molecule has 1 heterocycles. The molecule has 5 nitrogen and oxygen atoms in total. The molecule has 2 unspecified atom stereocenters. The number of hydrogen-bond donors (Lipinski definition) is 1. The van der Waals surface area contributed by atoms with E-state index in [2.05, 4.69) is 5.32 Å². The van der Waals surface area contributed by atoms with Crippen molar-refractivity contribution in [1.29, 1.82) is 0 Å². The number of ether oxygens (including phenoxy) is 1. The van der Waals surface area contributed by atoms with Crippen molar-refractivity contribution in [3.05, 3.63) is 0 Å². The lowest BCUT2D eigenvalue weighted by Crippen LogP contribution is -2.38. The zero-order valence-corrected chi connectivity index (χ0v) is 9.45. The van der Waals surface area contributed by atoms with Crippen LogP contribution in [-0.4, -0.2) is 43.6 Å². The van der Waals surface area contributed by atoms with Crippen molar-refractivity contribution < 1.29 is 14.3 Å². The number of urea groups is 1. The summed E-state index contributed by atoms with van der Waals surface area (Å²) in [5.74, 6) is -0.244. The van der Waals surface area contributed by atoms with E-state index in [4.69, 9.17) is 4.74 Å². The van der Waals surface area contributed by atoms with Crippen molar-refractivity contribution in [1.82, 2.24) is 10.2 Å². The molecule has 0 saturated carbocycles. The molecule has 0 aromatic carbocycles. The van der Waals surface area contributed by atoms with Gasteiger partial charge in [-0.2, -0.15) is 0 Å². The fraction of sp³-hybridized carbons (Fsp3) is 0.800. The van der Waals surface area contributed by atoms with Crippen LogP contribution in [0.1, 0.15) is 13.8 Å². The van der Waals surface area contributed by atoms with Gasteiger partial charge in [-0.1, -0.05) is 6.92 Å². The highest BCUT2D eigenvalue weighted by Gasteiger charge is 2.37. The van der Waals surface area contributed by atoms with Crippen LogP contribution in [-0.2, 0) is 9.53 Å². The Bertz CT molecular complexity index is 255. The van der Waals surface area contributed by atoms with Crippen LogP contribution < -0.4 is 5.32 Å². The Morgan fingerprint density at radius 2 is 2.13 bits per heavy atom. The van der Waals surface area contributed by atoms with Gasteiger partial charge in [0.2, 0.25) is 0 Å². The maximum atomic E-state index is 11.5. The Morgan fingerprint density at radius 3 is 2.67 bits per heavy atom. The average molecular weight is 214 g/mol. The molecule has 0 spiro atoms. The van der Waals surface area contributed by atoms with Gasteiger partial charge in [0, 0.05) is 19.6 Å². The third-order valence-corrected chi connectivity index (χ3v) is 2.73. The molecular weight excluding hydrogens is 196 g/mol. The molecule has 2 atom stereocenters. The molecule has 1 aliphatic rings. The van der Waals surface area contributed by atoms with Gasteiger partial charge < -0.3 is 15.0 Å². The first kappa shape index (κ1) is 11.8. The summed E-state index contributed by atoms with van der Waals surface area (Å²) in [6, 6.07) is -0.101. The van der Waals surface area contributed by atoms with Crippen LogP contribution in [0.15, 0.2) is 0 Å². The van der Waals surface area contributed by atoms with Gasteiger partial charge in [-0.25, -0.2) is 4.79 Å². The zero-order valence-electron chi connectivity index (χ0n) is 9.45. The topological polar surface area (TPSA) is 58.6 Å². The summed E-state index contributed by atoms with van der Waals surface area (Å²) in [6.07, 6.45) is 0. The minimum atomic E-state index is -0.228. The van der Waals surface area contributed by atoms with Crippen molar-refractivity contribution in [3.8, 4) is 0 Å². The predicted molar refractivity (Wildman–Crippen MR) is 55.3 cm³/mol. The van der Waals surface area contributed by atoms with Crippen LogP contribution in [0, 0.1) is 11.8 Å². The average Bonchev–Trinajstić information content (AvgIpc) is 2.60. The second kappa shape index (κ2) is 5.00. The summed E-state index contributed by atoms with van der Waals surface area (Å²) in [4.78, 5) is 24.5. The van der Waals surface area contributed by atoms with E-state index in [9.17, 15) is 9.59 Å². The van der Waals surface area contributed by atoms with Gasteiger partial charge in [-0.15, -0.1) is 0 Å². The number of esters is 1. The SMILES string of the molecule is CCNC(=O)N1CC(C)C(C(=O)OC)C1. The molecule has 0 aromatic heterocycles. The predicted octanol–water partition coefficient (Wildman–Crippen LogP) is 0.457. The molecule has 1 fully saturated rings. The summed E-state index contributed by atoms with van der Waals surface area (Å²) in [5.41, 5.74) is 0. The number of nitrogens with one attached hydrogen (secondary N) is 1. The van der Waals surface area contributed by atoms with Crippen molar-refractivity contribution in [2.45, 2.75) is 13.8 Å². The summed E-state index contributed by atoms with van der Waals surface area (Å²) < 4.78 is 4.70. The van der Waals surface area contributed by atoms with Gasteiger partial charge in [-0.3, -0.25) is 4.79 Å². The van der Waals surface area contributed by atoms with Gasteiger partial charge in [0.05, 0.1) is 13.0 Å². The molecule has 15 heavy (non-hydrogen) atoms. The number of amides is 2. The first-order valence-corrected chi connectivity index (χ1v) is 5.20. The third-order valence-electron chi connectivity index (χ3n) is 2.73. The summed E-state index contributed by atoms with van der Waals surface area (Å²) in [7, 11) is 1.38. The number of carbonyl (C=O) groups is 2. The van der Waals surface area contributed by atoms with Crippen LogP contribution in [0.5, 0.6) is 0 Å². The lowest BCUT2D eigenvalue weighted by Gasteiger charge is -2.15. The molecule has 86 valence electrons. The van der Waals surface area contributed by atoms with Crippen LogP contribution in [0.25, 0.3) is 0 Å². The standard InChI is InChI=1S/C10H18N2O3/c1-4-11-10(14)12-5-7(2)8(6-12)9(13)15-3/h7-8H,4-6H2,1-3H3,(H,11,14). The molecule has 0 radical (unpaired) electrons. The highest BCUT2D eigenvalue weighted by molar-refractivity contribution is 5.78. The molecule has 2 amide bonds. The molecule has 0 bridgehead atoms. The van der Waals surface area contributed by atoms with Gasteiger partial charge >= 0.3 is 12.0 Å². The Labute approximate surface area is 89.8 Å². The van der Waals surface area contributed by atoms with Gasteiger partial charge in [-0.05, 0) is 12.8 Å². The maximum Gasteiger partial charge on any atom is 0.317 e. The van der Waals surface area contributed by atoms with E-state index in [0.29, 0.717) is 19.6 Å². The highest BCUT2D eigenvalue weighted by atomic mass is 16.5. The van der Waals surface area contributed by atoms with Crippen molar-refractivity contribution in [2.24, 2.45) is 11.8 Å². The third kappa shape index (κ3) is 2.61. The molecule has 5 heteroatoms. The fourth-order valence-electron chi connectivity index (χ4n) is 1.85. The summed E-state index contributed by atoms with van der Waals surface area (Å²) >= 11 is 0. The second-order valence-electron chi connectivity index (χ2n) is 3.85. The lowest BCUT2D eigenvalue weighted by atomic mass is 9.99. The number of methoxy groups -OCH3 is 1. The highest BCUT2D eigenvalue weighted by Crippen LogP contribution is 2.23. The van der Waals surface area contributed by atoms with Crippen molar-refractivity contribution >= 4 is 12.0 Å². The van der Waals surface area contributed by atoms with E-state index in [1.165, 1.54) is 7.11 Å². The van der Waals surface area contributed by atoms with E-state index < -0.39 is 0 Å². The van der Waals surface area contributed by atoms with E-state index in [0.717, 1.165) is 0 Å². The normalized spacial score (nSPS) is 25.1. The number of rotatable bonds is 2. The number of hydrogen-bond acceptors (Lipinski definition) is 3. The van der Waals surface area contributed by atoms with Crippen LogP contribution in [0.2, 0.25) is 0 Å². The Morgan fingerprint density at radius 1 is 1.47 bits per heavy atom. The fourth-order valence-corrected chi connectivity index (χ4v) is 1.85. The first-order valence-electron chi connectivity index (χ1n) is 5.20. The lowest BCUT2D eigenvalue weighted by molar-refractivity contribution is -0.145. The molecule has 0 aliphatic carbocycles. The van der Waals surface area contributed by atoms with E-state index in [1.807, 2.05) is 13.8 Å². The summed E-state index contributed by atoms with van der Waals surface area (Å²) in [6.45, 7) is 5.51. The molecular formula is C10H18N2O3. The molecule has 1 saturated heterocycles. The number of nitrogens with zero attached hydrogens (tertiary/aromatic N) is 1. The van der Waals surface area contributed by atoms with Crippen molar-refractivity contribution in [3.63, 3.8) is 0 Å². The number of likely N-dealkylation sites (tertiary alicyclic amines) is 1. The van der Waals surface area contributed by atoms with Gasteiger partial charge in [0.1, 0.15) is 0 Å². The Kier molecular flexibility index (Phi) is 3.94. The van der Waals surface area contributed by atoms with Crippen LogP contribution in [0.4, 0.5) is 4.79 Å². The van der Waals surface area contributed by atoms with Crippen molar-refractivity contribution in [2.75, 3.05) is 26.7 Å². The van der Waals surface area contributed by atoms with Crippen LogP contribution in [0.3, 0.4) is 0 Å². The van der Waals surface area contributed by atoms with Gasteiger partial charge in [0.15, 0.2) is 0 Å². The quantitative estimate of drug-likeness (QED) is 0.679. The largest absolute Gasteiger partial charge is 0.469 e. The molecule has 1 rings (SSSR count). The smallest absolute Gasteiger partial charge is 0.317 e. The maximum absolute atomic E-state index is 11.5. The molecule has 1 aliphatic heterocycles. The molecule has 1 N–H and O–H groups in total. The van der Waals surface area contributed by atoms with E-state index in [-0.39, 0.29) is 23.8 Å². The van der Waals surface area contributed by atoms with Gasteiger partial charge in [0.25, 0.3) is 0 Å².